The molecule has 224 valence electrons. The Labute approximate surface area is 243 Å². The molecule has 0 radical (unpaired) electrons. The van der Waals surface area contributed by atoms with Crippen LogP contribution in [-0.2, 0) is 0 Å². The number of rotatable bonds is 33. The summed E-state index contributed by atoms with van der Waals surface area (Å²) in [6.07, 6.45) is 44.8. The van der Waals surface area contributed by atoms with Gasteiger partial charge in [-0.05, 0) is 0 Å². The van der Waals surface area contributed by atoms with E-state index >= 15 is 0 Å². The monoisotopic (exact) mass is 583 g/mol. The molecule has 0 rings (SSSR count). The topological polar surface area (TPSA) is 0 Å². The average Bonchev–Trinajstić information content (AvgIpc) is 2.91. The number of hydrogen-bond donors (Lipinski definition) is 0. The second-order valence-corrected chi connectivity index (χ2v) is 18.0. The maximum atomic E-state index is 2.32. The van der Waals surface area contributed by atoms with Crippen molar-refractivity contribution in [3.05, 3.63) is 0 Å². The van der Waals surface area contributed by atoms with Gasteiger partial charge in [-0.1, -0.05) is 0 Å². The Hall–Kier alpha value is 0.558. The zero-order valence-electron chi connectivity index (χ0n) is 26.8. The summed E-state index contributed by atoms with van der Waals surface area (Å²) in [5.74, 6) is 0. The van der Waals surface area contributed by atoms with E-state index in [-0.39, 0.29) is 0 Å². The summed E-state index contributed by atoms with van der Waals surface area (Å²) >= 11 is -0.543. The first-order valence-electron chi connectivity index (χ1n) is 18.1. The van der Waals surface area contributed by atoms with E-state index in [0.29, 0.717) is 0 Å². The molecule has 0 amide bonds. The van der Waals surface area contributed by atoms with Gasteiger partial charge < -0.3 is 0 Å². The predicted octanol–water partition coefficient (Wildman–Crippen LogP) is 14.2. The quantitative estimate of drug-likeness (QED) is 0.0533. The van der Waals surface area contributed by atoms with Gasteiger partial charge in [0.2, 0.25) is 0 Å². The van der Waals surface area contributed by atoms with Crippen molar-refractivity contribution in [3.63, 3.8) is 0 Å². The van der Waals surface area contributed by atoms with Crippen molar-refractivity contribution in [2.45, 2.75) is 229 Å². The molecule has 0 atom stereocenters. The van der Waals surface area contributed by atoms with Gasteiger partial charge in [-0.3, -0.25) is 0 Å². The molecule has 0 heterocycles. The van der Waals surface area contributed by atoms with Gasteiger partial charge in [0, 0.05) is 0 Å². The molecule has 0 unspecified atom stereocenters. The molecule has 0 aromatic rings. The Morgan fingerprint density at radius 3 is 0.568 bits per heavy atom. The molecule has 0 aliphatic rings. The molecule has 0 aromatic heterocycles. The molecular weight excluding hydrogens is 507 g/mol. The summed E-state index contributed by atoms with van der Waals surface area (Å²) in [7, 11) is 0. The molecule has 0 aromatic carbocycles. The second-order valence-electron chi connectivity index (χ2n) is 12.4. The van der Waals surface area contributed by atoms with E-state index in [0.717, 1.165) is 0 Å². The van der Waals surface area contributed by atoms with E-state index in [1.165, 1.54) is 173 Å². The van der Waals surface area contributed by atoms with Gasteiger partial charge in [-0.25, -0.2) is 0 Å². The Morgan fingerprint density at radius 1 is 0.216 bits per heavy atom. The summed E-state index contributed by atoms with van der Waals surface area (Å²) in [4.78, 5) is 0. The first-order chi connectivity index (χ1) is 18.3. The van der Waals surface area contributed by atoms with Crippen LogP contribution in [0.4, 0.5) is 0 Å². The average molecular weight is 583 g/mol. The van der Waals surface area contributed by atoms with Crippen LogP contribution in [0.1, 0.15) is 213 Å². The van der Waals surface area contributed by atoms with Gasteiger partial charge in [0.15, 0.2) is 0 Å². The van der Waals surface area contributed by atoms with Crippen LogP contribution in [0.25, 0.3) is 0 Å². The van der Waals surface area contributed by atoms with Crippen molar-refractivity contribution in [1.82, 2.24) is 0 Å². The Bertz CT molecular complexity index is 322. The van der Waals surface area contributed by atoms with Gasteiger partial charge in [0.05, 0.1) is 0 Å². The molecule has 0 aliphatic carbocycles. The number of unbranched alkanes of at least 4 members (excludes halogenated alkanes) is 27. The van der Waals surface area contributed by atoms with Crippen LogP contribution in [0.2, 0.25) is 15.6 Å². The minimum atomic E-state index is -0.543. The molecule has 0 aliphatic heterocycles. The summed E-state index contributed by atoms with van der Waals surface area (Å²) < 4.78 is 0. The minimum absolute atomic E-state index is 0.543. The van der Waals surface area contributed by atoms with Crippen LogP contribution in [0.15, 0.2) is 0 Å². The second kappa shape index (κ2) is 34.6. The molecule has 0 fully saturated rings. The van der Waals surface area contributed by atoms with Crippen LogP contribution in [0, 0.1) is 0 Å². The summed E-state index contributed by atoms with van der Waals surface area (Å²) in [5.41, 5.74) is 0. The van der Waals surface area contributed by atoms with E-state index in [4.69, 9.17) is 0 Å². The standard InChI is InChI=1S/C36H75As/c1-4-7-10-13-16-19-22-25-28-31-34-37(35-32-29-26-23-20-17-14-11-8-5-2)36-33-30-27-24-21-18-15-12-9-6-3/h4-36H2,1-3H3. The Kier molecular flexibility index (Phi) is 35.1. The van der Waals surface area contributed by atoms with Crippen LogP contribution in [0.3, 0.4) is 0 Å². The van der Waals surface area contributed by atoms with E-state index in [9.17, 15) is 0 Å². The van der Waals surface area contributed by atoms with Crippen LogP contribution in [0.5, 0.6) is 0 Å². The van der Waals surface area contributed by atoms with Gasteiger partial charge in [0.1, 0.15) is 0 Å². The SMILES string of the molecule is CCCCCCCCCCCC[As](CCCCCCCCCCCC)CCCCCCCCCCCC. The summed E-state index contributed by atoms with van der Waals surface area (Å²) in [6, 6.07) is 0. The van der Waals surface area contributed by atoms with Gasteiger partial charge >= 0.3 is 244 Å². The molecule has 0 spiro atoms. The van der Waals surface area contributed by atoms with Gasteiger partial charge in [0.25, 0.3) is 0 Å². The first kappa shape index (κ1) is 37.6. The third-order valence-electron chi connectivity index (χ3n) is 8.48. The van der Waals surface area contributed by atoms with E-state index in [2.05, 4.69) is 20.8 Å². The van der Waals surface area contributed by atoms with Crippen LogP contribution < -0.4 is 0 Å². The van der Waals surface area contributed by atoms with E-state index in [1.807, 2.05) is 0 Å². The molecule has 0 saturated carbocycles. The summed E-state index contributed by atoms with van der Waals surface area (Å²) in [5, 5.41) is 5.04. The van der Waals surface area contributed by atoms with Gasteiger partial charge in [-0.2, -0.15) is 0 Å². The van der Waals surface area contributed by atoms with Crippen molar-refractivity contribution >= 4 is 14.7 Å². The summed E-state index contributed by atoms with van der Waals surface area (Å²) in [6.45, 7) is 6.97. The molecule has 0 nitrogen and oxygen atoms in total. The fourth-order valence-electron chi connectivity index (χ4n) is 5.80. The van der Waals surface area contributed by atoms with E-state index in [1.54, 1.807) is 34.9 Å². The van der Waals surface area contributed by atoms with Crippen molar-refractivity contribution in [2.75, 3.05) is 0 Å². The van der Waals surface area contributed by atoms with Crippen molar-refractivity contribution in [3.8, 4) is 0 Å². The van der Waals surface area contributed by atoms with Crippen molar-refractivity contribution < 1.29 is 0 Å². The van der Waals surface area contributed by atoms with Crippen LogP contribution >= 0.6 is 0 Å². The van der Waals surface area contributed by atoms with Gasteiger partial charge in [-0.15, -0.1) is 0 Å². The van der Waals surface area contributed by atoms with Crippen LogP contribution in [-0.4, -0.2) is 14.7 Å². The Balaban J connectivity index is 3.87. The molecule has 0 saturated heterocycles. The predicted molar refractivity (Wildman–Crippen MR) is 176 cm³/mol. The first-order valence-corrected chi connectivity index (χ1v) is 22.1. The van der Waals surface area contributed by atoms with E-state index < -0.39 is 14.7 Å². The zero-order valence-corrected chi connectivity index (χ0v) is 28.7. The molecule has 1 heteroatoms. The maximum absolute atomic E-state index is 2.32. The van der Waals surface area contributed by atoms with Crippen molar-refractivity contribution in [1.29, 1.82) is 0 Å². The molecule has 37 heavy (non-hydrogen) atoms. The molecule has 0 bridgehead atoms. The third kappa shape index (κ3) is 32.7. The third-order valence-corrected chi connectivity index (χ3v) is 14.5. The normalized spacial score (nSPS) is 11.7. The fourth-order valence-corrected chi connectivity index (χ4v) is 11.4. The zero-order chi connectivity index (χ0) is 26.9. The Morgan fingerprint density at radius 2 is 0.378 bits per heavy atom. The molecular formula is C36H75As. The fraction of sp³-hybridized carbons (Fsp3) is 1.00. The van der Waals surface area contributed by atoms with Crippen molar-refractivity contribution in [2.24, 2.45) is 0 Å². The number of hydrogen-bond acceptors (Lipinski definition) is 0. The molecule has 0 N–H and O–H groups in total.